The molecule has 0 bridgehead atoms. The van der Waals surface area contributed by atoms with Gasteiger partial charge >= 0.3 is 0 Å². The van der Waals surface area contributed by atoms with Crippen molar-refractivity contribution in [2.45, 2.75) is 69.9 Å². The van der Waals surface area contributed by atoms with Gasteiger partial charge in [-0.1, -0.05) is 25.7 Å². The van der Waals surface area contributed by atoms with Crippen molar-refractivity contribution in [2.75, 3.05) is 33.2 Å². The lowest BCUT2D eigenvalue weighted by molar-refractivity contribution is -0.138. The molecule has 3 aliphatic rings. The first kappa shape index (κ1) is 20.0. The lowest BCUT2D eigenvalue weighted by atomic mass is 9.85. The standard InChI is InChI=1S/C18H34N4O3S/c1-20(17-8-3-2-4-9-17)26(24,25)22-12-10-21(11-13-22)18(23)15-6-5-7-16(19)14-15/h15-17H,2-14,19H2,1H3. The van der Waals surface area contributed by atoms with E-state index in [1.54, 1.807) is 15.7 Å². The highest BCUT2D eigenvalue weighted by Crippen LogP contribution is 2.27. The van der Waals surface area contributed by atoms with Crippen LogP contribution in [0.15, 0.2) is 0 Å². The van der Waals surface area contributed by atoms with Crippen LogP contribution in [0.4, 0.5) is 0 Å². The Morgan fingerprint density at radius 3 is 2.23 bits per heavy atom. The lowest BCUT2D eigenvalue weighted by Crippen LogP contribution is -2.56. The second kappa shape index (κ2) is 8.54. The van der Waals surface area contributed by atoms with Crippen molar-refractivity contribution in [3.8, 4) is 0 Å². The molecule has 2 saturated carbocycles. The van der Waals surface area contributed by atoms with Gasteiger partial charge < -0.3 is 10.6 Å². The van der Waals surface area contributed by atoms with Gasteiger partial charge in [0.2, 0.25) is 5.91 Å². The molecule has 1 aliphatic heterocycles. The second-order valence-corrected chi connectivity index (χ2v) is 10.2. The first-order chi connectivity index (χ1) is 12.4. The van der Waals surface area contributed by atoms with Crippen LogP contribution in [0.25, 0.3) is 0 Å². The molecule has 0 spiro atoms. The average Bonchev–Trinajstić information content (AvgIpc) is 2.67. The molecule has 1 saturated heterocycles. The molecule has 0 radical (unpaired) electrons. The van der Waals surface area contributed by atoms with E-state index in [0.717, 1.165) is 51.4 Å². The van der Waals surface area contributed by atoms with Crippen molar-refractivity contribution in [1.82, 2.24) is 13.5 Å². The number of carbonyl (C=O) groups is 1. The zero-order chi connectivity index (χ0) is 18.7. The molecule has 0 aromatic heterocycles. The number of hydrogen-bond acceptors (Lipinski definition) is 4. The summed E-state index contributed by atoms with van der Waals surface area (Å²) < 4.78 is 29.0. The fourth-order valence-electron chi connectivity index (χ4n) is 4.66. The van der Waals surface area contributed by atoms with Gasteiger partial charge in [0.05, 0.1) is 0 Å². The third-order valence-electron chi connectivity index (χ3n) is 6.39. The minimum absolute atomic E-state index is 0.0202. The summed E-state index contributed by atoms with van der Waals surface area (Å²) in [6.07, 6.45) is 9.02. The number of nitrogens with zero attached hydrogens (tertiary/aromatic N) is 3. The summed E-state index contributed by atoms with van der Waals surface area (Å²) in [4.78, 5) is 14.6. The molecule has 3 rings (SSSR count). The van der Waals surface area contributed by atoms with Crippen LogP contribution in [0.1, 0.15) is 57.8 Å². The molecule has 1 amide bonds. The molecule has 2 atom stereocenters. The highest BCUT2D eigenvalue weighted by Gasteiger charge is 2.37. The minimum Gasteiger partial charge on any atom is -0.340 e. The summed E-state index contributed by atoms with van der Waals surface area (Å²) in [5.74, 6) is 0.185. The number of amides is 1. The highest BCUT2D eigenvalue weighted by atomic mass is 32.2. The molecule has 26 heavy (non-hydrogen) atoms. The van der Waals surface area contributed by atoms with Crippen molar-refractivity contribution in [2.24, 2.45) is 11.7 Å². The largest absolute Gasteiger partial charge is 0.340 e. The fourth-order valence-corrected chi connectivity index (χ4v) is 6.24. The molecule has 1 heterocycles. The van der Waals surface area contributed by atoms with Gasteiger partial charge in [0.25, 0.3) is 10.2 Å². The van der Waals surface area contributed by atoms with Gasteiger partial charge in [0.15, 0.2) is 0 Å². The van der Waals surface area contributed by atoms with Gasteiger partial charge in [-0.15, -0.1) is 0 Å². The zero-order valence-corrected chi connectivity index (χ0v) is 16.8. The molecule has 2 N–H and O–H groups in total. The van der Waals surface area contributed by atoms with Crippen LogP contribution in [0.5, 0.6) is 0 Å². The van der Waals surface area contributed by atoms with Crippen LogP contribution < -0.4 is 5.73 Å². The Hall–Kier alpha value is -0.700. The summed E-state index contributed by atoms with van der Waals surface area (Å²) in [5, 5.41) is 0. The molecular weight excluding hydrogens is 352 g/mol. The van der Waals surface area contributed by atoms with Crippen molar-refractivity contribution >= 4 is 16.1 Å². The van der Waals surface area contributed by atoms with Crippen LogP contribution in [0.3, 0.4) is 0 Å². The molecule has 0 aromatic carbocycles. The average molecular weight is 387 g/mol. The number of hydrogen-bond donors (Lipinski definition) is 1. The van der Waals surface area contributed by atoms with Gasteiger partial charge in [-0.3, -0.25) is 4.79 Å². The Balaban J connectivity index is 1.54. The van der Waals surface area contributed by atoms with Crippen molar-refractivity contribution in [3.63, 3.8) is 0 Å². The molecular formula is C18H34N4O3S. The monoisotopic (exact) mass is 386 g/mol. The summed E-state index contributed by atoms with van der Waals surface area (Å²) >= 11 is 0. The second-order valence-electron chi connectivity index (χ2n) is 8.16. The summed E-state index contributed by atoms with van der Waals surface area (Å²) in [6, 6.07) is 0.251. The van der Waals surface area contributed by atoms with Crippen LogP contribution in [0, 0.1) is 5.92 Å². The predicted octanol–water partition coefficient (Wildman–Crippen LogP) is 1.16. The predicted molar refractivity (Wildman–Crippen MR) is 102 cm³/mol. The van der Waals surface area contributed by atoms with Gasteiger partial charge in [-0.05, 0) is 32.1 Å². The Kier molecular flexibility index (Phi) is 6.59. The van der Waals surface area contributed by atoms with E-state index in [-0.39, 0.29) is 23.9 Å². The van der Waals surface area contributed by atoms with E-state index in [2.05, 4.69) is 0 Å². The summed E-state index contributed by atoms with van der Waals surface area (Å²) in [5.41, 5.74) is 6.01. The van der Waals surface area contributed by atoms with Gasteiger partial charge in [0, 0.05) is 51.2 Å². The topological polar surface area (TPSA) is 87.0 Å². The van der Waals surface area contributed by atoms with E-state index in [1.165, 1.54) is 6.42 Å². The molecule has 3 fully saturated rings. The van der Waals surface area contributed by atoms with Crippen LogP contribution in [-0.2, 0) is 15.0 Å². The number of piperazine rings is 1. The van der Waals surface area contributed by atoms with E-state index in [0.29, 0.717) is 26.2 Å². The Morgan fingerprint density at radius 1 is 0.962 bits per heavy atom. The smallest absolute Gasteiger partial charge is 0.282 e. The molecule has 2 unspecified atom stereocenters. The maximum atomic E-state index is 12.9. The molecule has 0 aromatic rings. The first-order valence-electron chi connectivity index (χ1n) is 10.2. The molecule has 150 valence electrons. The maximum Gasteiger partial charge on any atom is 0.282 e. The SMILES string of the molecule is CN(C1CCCCC1)S(=O)(=O)N1CCN(C(=O)C2CCCC(N)C2)CC1. The van der Waals surface area contributed by atoms with E-state index < -0.39 is 10.2 Å². The van der Waals surface area contributed by atoms with Crippen molar-refractivity contribution in [3.05, 3.63) is 0 Å². The van der Waals surface area contributed by atoms with Crippen LogP contribution in [0.2, 0.25) is 0 Å². The first-order valence-corrected chi connectivity index (χ1v) is 11.6. The van der Waals surface area contributed by atoms with Crippen LogP contribution >= 0.6 is 0 Å². The molecule has 8 heteroatoms. The van der Waals surface area contributed by atoms with Gasteiger partial charge in [-0.25, -0.2) is 0 Å². The Labute approximate surface area is 158 Å². The quantitative estimate of drug-likeness (QED) is 0.785. The third-order valence-corrected chi connectivity index (χ3v) is 8.44. The van der Waals surface area contributed by atoms with Gasteiger partial charge in [-0.2, -0.15) is 17.0 Å². The molecule has 2 aliphatic carbocycles. The third kappa shape index (κ3) is 4.40. The van der Waals surface area contributed by atoms with Crippen molar-refractivity contribution < 1.29 is 13.2 Å². The van der Waals surface area contributed by atoms with E-state index in [1.807, 2.05) is 4.90 Å². The lowest BCUT2D eigenvalue weighted by Gasteiger charge is -2.40. The number of rotatable bonds is 4. The van der Waals surface area contributed by atoms with Crippen molar-refractivity contribution in [1.29, 1.82) is 0 Å². The van der Waals surface area contributed by atoms with E-state index in [9.17, 15) is 13.2 Å². The van der Waals surface area contributed by atoms with Gasteiger partial charge in [0.1, 0.15) is 0 Å². The fraction of sp³-hybridized carbons (Fsp3) is 0.944. The highest BCUT2D eigenvalue weighted by molar-refractivity contribution is 7.86. The number of nitrogens with two attached hydrogens (primary N) is 1. The van der Waals surface area contributed by atoms with E-state index in [4.69, 9.17) is 5.73 Å². The maximum absolute atomic E-state index is 12.9. The summed E-state index contributed by atoms with van der Waals surface area (Å²) in [6.45, 7) is 1.76. The zero-order valence-electron chi connectivity index (χ0n) is 16.0. The van der Waals surface area contributed by atoms with E-state index >= 15 is 0 Å². The summed E-state index contributed by atoms with van der Waals surface area (Å²) in [7, 11) is -1.72. The Morgan fingerprint density at radius 2 is 1.62 bits per heavy atom. The number of carbonyl (C=O) groups excluding carboxylic acids is 1. The van der Waals surface area contributed by atoms with Crippen LogP contribution in [-0.4, -0.2) is 73.1 Å². The molecule has 7 nitrogen and oxygen atoms in total. The normalized spacial score (nSPS) is 29.9. The minimum atomic E-state index is -3.44. The Bertz CT molecular complexity index is 583.